The Morgan fingerprint density at radius 3 is 2.70 bits per heavy atom. The third-order valence-electron chi connectivity index (χ3n) is 3.88. The molecule has 1 heterocycles. The number of ether oxygens (including phenoxy) is 2. The highest BCUT2D eigenvalue weighted by Gasteiger charge is 2.15. The summed E-state index contributed by atoms with van der Waals surface area (Å²) in [6.45, 7) is 4.33. The van der Waals surface area contributed by atoms with E-state index in [1.54, 1.807) is 43.5 Å². The molecule has 7 heteroatoms. The minimum Gasteiger partial charge on any atom is -0.494 e. The van der Waals surface area contributed by atoms with E-state index < -0.39 is 6.10 Å². The summed E-state index contributed by atoms with van der Waals surface area (Å²) in [5, 5.41) is 5.56. The summed E-state index contributed by atoms with van der Waals surface area (Å²) in [7, 11) is 1.50. The van der Waals surface area contributed by atoms with E-state index in [1.165, 1.54) is 13.3 Å². The van der Waals surface area contributed by atoms with Crippen molar-refractivity contribution < 1.29 is 19.1 Å². The first-order valence-corrected chi connectivity index (χ1v) is 8.87. The highest BCUT2D eigenvalue weighted by molar-refractivity contribution is 6.05. The van der Waals surface area contributed by atoms with E-state index in [9.17, 15) is 9.59 Å². The highest BCUT2D eigenvalue weighted by atomic mass is 16.5. The SMILES string of the molecule is CCCCOC(C)C(=O)Nc1ccc(NC(=O)c2cccnc2)c(OC)c1. The van der Waals surface area contributed by atoms with Gasteiger partial charge >= 0.3 is 0 Å². The molecule has 0 bridgehead atoms. The number of benzene rings is 1. The number of carbonyl (C=O) groups excluding carboxylic acids is 2. The first kappa shape index (κ1) is 20.4. The quantitative estimate of drug-likeness (QED) is 0.659. The van der Waals surface area contributed by atoms with Gasteiger partial charge in [0, 0.05) is 30.8 Å². The first-order chi connectivity index (χ1) is 13.0. The molecule has 1 unspecified atom stereocenters. The van der Waals surface area contributed by atoms with Gasteiger partial charge in [-0.3, -0.25) is 14.6 Å². The summed E-state index contributed by atoms with van der Waals surface area (Å²) >= 11 is 0. The normalized spacial score (nSPS) is 11.5. The molecule has 0 aliphatic carbocycles. The lowest BCUT2D eigenvalue weighted by molar-refractivity contribution is -0.126. The number of pyridine rings is 1. The molecule has 27 heavy (non-hydrogen) atoms. The van der Waals surface area contributed by atoms with Crippen LogP contribution in [0.2, 0.25) is 0 Å². The molecule has 2 N–H and O–H groups in total. The Kier molecular flexibility index (Phi) is 7.76. The molecule has 2 rings (SSSR count). The molecular weight excluding hydrogens is 346 g/mol. The molecule has 2 aromatic rings. The van der Waals surface area contributed by atoms with Crippen molar-refractivity contribution in [1.29, 1.82) is 0 Å². The molecule has 0 aliphatic rings. The van der Waals surface area contributed by atoms with Crippen molar-refractivity contribution in [1.82, 2.24) is 4.98 Å². The van der Waals surface area contributed by atoms with Crippen molar-refractivity contribution in [3.05, 3.63) is 48.3 Å². The van der Waals surface area contributed by atoms with Crippen molar-refractivity contribution in [2.75, 3.05) is 24.4 Å². The Morgan fingerprint density at radius 1 is 1.22 bits per heavy atom. The number of nitrogens with one attached hydrogen (secondary N) is 2. The molecular formula is C20H25N3O4. The van der Waals surface area contributed by atoms with Crippen LogP contribution in [0.4, 0.5) is 11.4 Å². The summed E-state index contributed by atoms with van der Waals surface area (Å²) in [5.74, 6) is -0.0963. The Morgan fingerprint density at radius 2 is 2.04 bits per heavy atom. The van der Waals surface area contributed by atoms with E-state index in [0.29, 0.717) is 29.3 Å². The van der Waals surface area contributed by atoms with Crippen LogP contribution in [0.25, 0.3) is 0 Å². The van der Waals surface area contributed by atoms with Crippen molar-refractivity contribution in [2.24, 2.45) is 0 Å². The molecule has 1 atom stereocenters. The maximum Gasteiger partial charge on any atom is 0.257 e. The maximum atomic E-state index is 12.3. The van der Waals surface area contributed by atoms with Crippen LogP contribution >= 0.6 is 0 Å². The number of hydrogen-bond donors (Lipinski definition) is 2. The molecule has 2 amide bonds. The molecule has 0 aliphatic heterocycles. The van der Waals surface area contributed by atoms with E-state index in [2.05, 4.69) is 22.5 Å². The van der Waals surface area contributed by atoms with Crippen LogP contribution in [0, 0.1) is 0 Å². The minimum absolute atomic E-state index is 0.236. The number of aromatic nitrogens is 1. The lowest BCUT2D eigenvalue weighted by Crippen LogP contribution is -2.28. The van der Waals surface area contributed by atoms with Crippen LogP contribution in [0.5, 0.6) is 5.75 Å². The van der Waals surface area contributed by atoms with E-state index in [4.69, 9.17) is 9.47 Å². The number of methoxy groups -OCH3 is 1. The topological polar surface area (TPSA) is 89.6 Å². The number of rotatable bonds is 9. The van der Waals surface area contributed by atoms with Gasteiger partial charge in [-0.15, -0.1) is 0 Å². The van der Waals surface area contributed by atoms with E-state index in [1.807, 2.05) is 0 Å². The second-order valence-corrected chi connectivity index (χ2v) is 5.97. The third-order valence-corrected chi connectivity index (χ3v) is 3.88. The second-order valence-electron chi connectivity index (χ2n) is 5.97. The molecule has 1 aromatic heterocycles. The maximum absolute atomic E-state index is 12.3. The molecule has 0 spiro atoms. The number of anilines is 2. The summed E-state index contributed by atoms with van der Waals surface area (Å²) in [4.78, 5) is 28.4. The van der Waals surface area contributed by atoms with Gasteiger partial charge in [-0.25, -0.2) is 0 Å². The predicted molar refractivity (Wildman–Crippen MR) is 104 cm³/mol. The molecule has 0 saturated carbocycles. The molecule has 144 valence electrons. The molecule has 0 radical (unpaired) electrons. The van der Waals surface area contributed by atoms with E-state index in [0.717, 1.165) is 12.8 Å². The predicted octanol–water partition coefficient (Wildman–Crippen LogP) is 3.49. The fourth-order valence-corrected chi connectivity index (χ4v) is 2.29. The van der Waals surface area contributed by atoms with Crippen LogP contribution in [-0.4, -0.2) is 36.6 Å². The van der Waals surface area contributed by atoms with Crippen molar-refractivity contribution >= 4 is 23.2 Å². The van der Waals surface area contributed by atoms with Crippen LogP contribution in [-0.2, 0) is 9.53 Å². The number of amides is 2. The first-order valence-electron chi connectivity index (χ1n) is 8.87. The average Bonchev–Trinajstić information content (AvgIpc) is 2.69. The fourth-order valence-electron chi connectivity index (χ4n) is 2.29. The number of unbranched alkanes of at least 4 members (excludes halogenated alkanes) is 1. The van der Waals surface area contributed by atoms with Crippen molar-refractivity contribution in [2.45, 2.75) is 32.8 Å². The Balaban J connectivity index is 2.03. The van der Waals surface area contributed by atoms with Crippen LogP contribution in [0.15, 0.2) is 42.7 Å². The highest BCUT2D eigenvalue weighted by Crippen LogP contribution is 2.28. The standard InChI is InChI=1S/C20H25N3O4/c1-4-5-11-27-14(2)19(24)22-16-8-9-17(18(12-16)26-3)23-20(25)15-7-6-10-21-13-15/h6-10,12-14H,4-5,11H2,1-3H3,(H,22,24)(H,23,25). The summed E-state index contributed by atoms with van der Waals surface area (Å²) < 4.78 is 10.8. The molecule has 1 aromatic carbocycles. The fraction of sp³-hybridized carbons (Fsp3) is 0.350. The zero-order valence-corrected chi connectivity index (χ0v) is 15.8. The summed E-state index contributed by atoms with van der Waals surface area (Å²) in [6.07, 6.45) is 4.46. The lowest BCUT2D eigenvalue weighted by atomic mass is 10.2. The second kappa shape index (κ2) is 10.3. The van der Waals surface area contributed by atoms with Gasteiger partial charge in [-0.1, -0.05) is 13.3 Å². The van der Waals surface area contributed by atoms with Gasteiger partial charge in [0.2, 0.25) is 0 Å². The van der Waals surface area contributed by atoms with E-state index >= 15 is 0 Å². The molecule has 0 saturated heterocycles. The smallest absolute Gasteiger partial charge is 0.257 e. The van der Waals surface area contributed by atoms with Gasteiger partial charge in [0.1, 0.15) is 11.9 Å². The van der Waals surface area contributed by atoms with Gasteiger partial charge in [-0.05, 0) is 37.6 Å². The van der Waals surface area contributed by atoms with Gasteiger partial charge < -0.3 is 20.1 Å². The largest absolute Gasteiger partial charge is 0.494 e. The lowest BCUT2D eigenvalue weighted by Gasteiger charge is -2.15. The number of nitrogens with zero attached hydrogens (tertiary/aromatic N) is 1. The van der Waals surface area contributed by atoms with Crippen molar-refractivity contribution in [3.63, 3.8) is 0 Å². The Bertz CT molecular complexity index is 765. The zero-order chi connectivity index (χ0) is 19.6. The van der Waals surface area contributed by atoms with Crippen molar-refractivity contribution in [3.8, 4) is 5.75 Å². The van der Waals surface area contributed by atoms with Crippen LogP contribution < -0.4 is 15.4 Å². The Labute approximate surface area is 159 Å². The summed E-state index contributed by atoms with van der Waals surface area (Å²) in [5.41, 5.74) is 1.49. The molecule has 0 fully saturated rings. The zero-order valence-electron chi connectivity index (χ0n) is 15.8. The Hall–Kier alpha value is -2.93. The summed E-state index contributed by atoms with van der Waals surface area (Å²) in [6, 6.07) is 8.37. The minimum atomic E-state index is -0.549. The molecule has 7 nitrogen and oxygen atoms in total. The number of hydrogen-bond acceptors (Lipinski definition) is 5. The average molecular weight is 371 g/mol. The van der Waals surface area contributed by atoms with Crippen LogP contribution in [0.3, 0.4) is 0 Å². The monoisotopic (exact) mass is 371 g/mol. The van der Waals surface area contributed by atoms with Gasteiger partial charge in [0.05, 0.1) is 18.4 Å². The third kappa shape index (κ3) is 6.07. The van der Waals surface area contributed by atoms with Crippen LogP contribution in [0.1, 0.15) is 37.0 Å². The van der Waals surface area contributed by atoms with Gasteiger partial charge in [0.25, 0.3) is 11.8 Å². The number of carbonyl (C=O) groups is 2. The van der Waals surface area contributed by atoms with E-state index in [-0.39, 0.29) is 11.8 Å². The van der Waals surface area contributed by atoms with Gasteiger partial charge in [0.15, 0.2) is 0 Å². The van der Waals surface area contributed by atoms with Gasteiger partial charge in [-0.2, -0.15) is 0 Å².